The minimum atomic E-state index is -2.61. The Balaban J connectivity index is 2.49. The minimum Gasteiger partial charge on any atom is -0.488 e. The number of halogens is 2. The molecular weight excluding hydrogens is 241 g/mol. The van der Waals surface area contributed by atoms with Crippen LogP contribution in [0.2, 0.25) is 0 Å². The molecule has 2 rings (SSSR count). The lowest BCUT2D eigenvalue weighted by Gasteiger charge is -2.13. The Morgan fingerprint density at radius 1 is 1.11 bits per heavy atom. The van der Waals surface area contributed by atoms with E-state index in [9.17, 15) is 18.8 Å². The van der Waals surface area contributed by atoms with Gasteiger partial charge in [-0.25, -0.2) is 8.78 Å². The summed E-state index contributed by atoms with van der Waals surface area (Å²) in [5.41, 5.74) is 0.105. The summed E-state index contributed by atoms with van der Waals surface area (Å²) in [5, 5.41) is 20.1. The van der Waals surface area contributed by atoms with Gasteiger partial charge in [0, 0.05) is 5.46 Å². The van der Waals surface area contributed by atoms with Crippen molar-refractivity contribution in [3.8, 4) is 5.75 Å². The molecule has 0 radical (unpaired) electrons. The quantitative estimate of drug-likeness (QED) is 0.803. The first-order chi connectivity index (χ1) is 8.59. The van der Waals surface area contributed by atoms with Crippen molar-refractivity contribution in [3.63, 3.8) is 0 Å². The molecule has 3 nitrogen and oxygen atoms in total. The van der Waals surface area contributed by atoms with Crippen molar-refractivity contribution in [3.05, 3.63) is 36.4 Å². The summed E-state index contributed by atoms with van der Waals surface area (Å²) in [6.07, 6.45) is -2.61. The number of fused-ring (bicyclic) bond motifs is 1. The van der Waals surface area contributed by atoms with Crippen molar-refractivity contribution >= 4 is 23.4 Å². The van der Waals surface area contributed by atoms with Crippen LogP contribution in [0, 0.1) is 0 Å². The fourth-order valence-corrected chi connectivity index (χ4v) is 1.82. The summed E-state index contributed by atoms with van der Waals surface area (Å²) in [6, 6.07) is 10.1. The molecule has 0 unspecified atom stereocenters. The van der Waals surface area contributed by atoms with E-state index < -0.39 is 20.2 Å². The molecule has 2 aromatic rings. The summed E-state index contributed by atoms with van der Waals surface area (Å²) < 4.78 is 29.1. The molecule has 0 aliphatic carbocycles. The van der Waals surface area contributed by atoms with Gasteiger partial charge in [0.1, 0.15) is 12.4 Å². The van der Waals surface area contributed by atoms with Gasteiger partial charge in [0.15, 0.2) is 0 Å². The van der Waals surface area contributed by atoms with Crippen LogP contribution in [-0.4, -0.2) is 30.2 Å². The van der Waals surface area contributed by atoms with Crippen molar-refractivity contribution in [2.24, 2.45) is 0 Å². The molecule has 0 heterocycles. The Hall–Kier alpha value is -1.66. The van der Waals surface area contributed by atoms with E-state index in [1.807, 2.05) is 0 Å². The van der Waals surface area contributed by atoms with Crippen LogP contribution in [0.5, 0.6) is 5.75 Å². The van der Waals surface area contributed by atoms with Gasteiger partial charge >= 0.3 is 7.12 Å². The zero-order valence-corrected chi connectivity index (χ0v) is 9.38. The molecule has 0 aliphatic rings. The third-order valence-corrected chi connectivity index (χ3v) is 2.55. The van der Waals surface area contributed by atoms with Crippen molar-refractivity contribution in [1.29, 1.82) is 0 Å². The van der Waals surface area contributed by atoms with Gasteiger partial charge in [-0.15, -0.1) is 0 Å². The number of alkyl halides is 2. The van der Waals surface area contributed by atoms with Crippen molar-refractivity contribution in [2.75, 3.05) is 6.61 Å². The summed E-state index contributed by atoms with van der Waals surface area (Å²) in [5.74, 6) is 0.0593. The lowest BCUT2D eigenvalue weighted by Crippen LogP contribution is -2.32. The van der Waals surface area contributed by atoms with Gasteiger partial charge in [-0.3, -0.25) is 0 Å². The molecule has 0 bridgehead atoms. The van der Waals surface area contributed by atoms with E-state index in [4.69, 9.17) is 4.74 Å². The first-order valence-electron chi connectivity index (χ1n) is 5.38. The fourth-order valence-electron chi connectivity index (χ4n) is 1.82. The smallest absolute Gasteiger partial charge is 0.488 e. The maximum atomic E-state index is 12.1. The van der Waals surface area contributed by atoms with E-state index in [0.29, 0.717) is 5.39 Å². The number of hydrogen-bond donors (Lipinski definition) is 2. The molecule has 0 aliphatic heterocycles. The molecule has 0 saturated heterocycles. The highest BCUT2D eigenvalue weighted by molar-refractivity contribution is 6.63. The van der Waals surface area contributed by atoms with Crippen LogP contribution in [0.3, 0.4) is 0 Å². The summed E-state index contributed by atoms with van der Waals surface area (Å²) in [4.78, 5) is 0. The van der Waals surface area contributed by atoms with Crippen LogP contribution >= 0.6 is 0 Å². The van der Waals surface area contributed by atoms with Crippen LogP contribution in [0.1, 0.15) is 0 Å². The third-order valence-electron chi connectivity index (χ3n) is 2.55. The van der Waals surface area contributed by atoms with Crippen molar-refractivity contribution in [1.82, 2.24) is 0 Å². The zero-order valence-electron chi connectivity index (χ0n) is 9.38. The molecule has 0 spiro atoms. The molecule has 94 valence electrons. The third kappa shape index (κ3) is 2.60. The highest BCUT2D eigenvalue weighted by atomic mass is 19.3. The van der Waals surface area contributed by atoms with E-state index in [-0.39, 0.29) is 11.2 Å². The fraction of sp³-hybridized carbons (Fsp3) is 0.167. The summed E-state index contributed by atoms with van der Waals surface area (Å²) in [7, 11) is -1.77. The van der Waals surface area contributed by atoms with Gasteiger partial charge < -0.3 is 14.8 Å². The lowest BCUT2D eigenvalue weighted by molar-refractivity contribution is 0.0823. The number of ether oxygens (including phenoxy) is 1. The van der Waals surface area contributed by atoms with Crippen LogP contribution in [0.4, 0.5) is 8.78 Å². The lowest BCUT2D eigenvalue weighted by atomic mass is 9.76. The van der Waals surface area contributed by atoms with Crippen molar-refractivity contribution in [2.45, 2.75) is 6.43 Å². The average Bonchev–Trinajstić information content (AvgIpc) is 2.35. The van der Waals surface area contributed by atoms with E-state index in [0.717, 1.165) is 5.39 Å². The van der Waals surface area contributed by atoms with E-state index in [1.165, 1.54) is 6.07 Å². The first kappa shape index (κ1) is 12.8. The topological polar surface area (TPSA) is 49.7 Å². The molecule has 0 saturated carbocycles. The second-order valence-corrected chi connectivity index (χ2v) is 3.77. The van der Waals surface area contributed by atoms with Gasteiger partial charge in [0.2, 0.25) is 0 Å². The van der Waals surface area contributed by atoms with E-state index in [2.05, 4.69) is 0 Å². The standard InChI is InChI=1S/C12H11BF2O3/c14-11(15)7-18-10-6-5-8-3-1-2-4-9(8)12(10)13(16)17/h1-6,11,16-17H,7H2. The van der Waals surface area contributed by atoms with Gasteiger partial charge in [-0.2, -0.15) is 0 Å². The van der Waals surface area contributed by atoms with Gasteiger partial charge in [-0.1, -0.05) is 30.3 Å². The Kier molecular flexibility index (Phi) is 3.79. The van der Waals surface area contributed by atoms with Crippen LogP contribution in [-0.2, 0) is 0 Å². The normalized spacial score (nSPS) is 10.9. The largest absolute Gasteiger partial charge is 0.492 e. The van der Waals surface area contributed by atoms with E-state index >= 15 is 0 Å². The average molecular weight is 252 g/mol. The molecule has 0 atom stereocenters. The molecule has 0 amide bonds. The molecule has 0 fully saturated rings. The second-order valence-electron chi connectivity index (χ2n) is 3.77. The van der Waals surface area contributed by atoms with Crippen LogP contribution < -0.4 is 10.2 Å². The maximum Gasteiger partial charge on any atom is 0.492 e. The van der Waals surface area contributed by atoms with Gasteiger partial charge in [-0.05, 0) is 16.8 Å². The second kappa shape index (κ2) is 5.33. The molecular formula is C12H11BF2O3. The Labute approximate surface area is 103 Å². The predicted molar refractivity (Wildman–Crippen MR) is 65.3 cm³/mol. The number of hydrogen-bond acceptors (Lipinski definition) is 3. The summed E-state index contributed by atoms with van der Waals surface area (Å²) >= 11 is 0. The van der Waals surface area contributed by atoms with E-state index in [1.54, 1.807) is 30.3 Å². The van der Waals surface area contributed by atoms with Crippen molar-refractivity contribution < 1.29 is 23.6 Å². The Bertz CT molecular complexity index is 546. The maximum absolute atomic E-state index is 12.1. The molecule has 2 N–H and O–H groups in total. The highest BCUT2D eigenvalue weighted by Gasteiger charge is 2.21. The SMILES string of the molecule is OB(O)c1c(OCC(F)F)ccc2ccccc12. The monoisotopic (exact) mass is 252 g/mol. The first-order valence-corrected chi connectivity index (χ1v) is 5.38. The Morgan fingerprint density at radius 3 is 2.50 bits per heavy atom. The van der Waals surface area contributed by atoms with Gasteiger partial charge in [0.05, 0.1) is 0 Å². The highest BCUT2D eigenvalue weighted by Crippen LogP contribution is 2.19. The minimum absolute atomic E-state index is 0.0593. The molecule has 2 aromatic carbocycles. The molecule has 6 heteroatoms. The van der Waals surface area contributed by atoms with Gasteiger partial charge in [0.25, 0.3) is 6.43 Å². The number of rotatable bonds is 4. The molecule has 0 aromatic heterocycles. The number of benzene rings is 2. The molecule has 18 heavy (non-hydrogen) atoms. The van der Waals surface area contributed by atoms with Crippen LogP contribution in [0.15, 0.2) is 36.4 Å². The Morgan fingerprint density at radius 2 is 1.83 bits per heavy atom. The predicted octanol–water partition coefficient (Wildman–Crippen LogP) is 1.16. The van der Waals surface area contributed by atoms with Crippen LogP contribution in [0.25, 0.3) is 10.8 Å². The zero-order chi connectivity index (χ0) is 13.1. The summed E-state index contributed by atoms with van der Waals surface area (Å²) in [6.45, 7) is -0.780.